The Morgan fingerprint density at radius 2 is 1.73 bits per heavy atom. The fourth-order valence-corrected chi connectivity index (χ4v) is 3.21. The lowest BCUT2D eigenvalue weighted by molar-refractivity contribution is 0.102. The average molecular weight is 439 g/mol. The minimum Gasteiger partial charge on any atom is -0.497 e. The maximum atomic E-state index is 12.6. The molecule has 8 heteroatoms. The van der Waals surface area contributed by atoms with Crippen molar-refractivity contribution in [2.75, 3.05) is 12.4 Å². The minimum absolute atomic E-state index is 0.284. The molecule has 0 saturated carbocycles. The predicted molar refractivity (Wildman–Crippen MR) is 118 cm³/mol. The van der Waals surface area contributed by atoms with Crippen LogP contribution in [-0.2, 0) is 0 Å². The zero-order valence-electron chi connectivity index (χ0n) is 15.8. The van der Waals surface area contributed by atoms with E-state index in [2.05, 4.69) is 15.6 Å². The molecule has 0 aliphatic heterocycles. The third kappa shape index (κ3) is 4.15. The molecule has 1 N–H and O–H groups in total. The van der Waals surface area contributed by atoms with Gasteiger partial charge in [-0.25, -0.2) is 4.68 Å². The summed E-state index contributed by atoms with van der Waals surface area (Å²) in [6.45, 7) is 0. The lowest BCUT2D eigenvalue weighted by atomic mass is 10.1. The lowest BCUT2D eigenvalue weighted by Crippen LogP contribution is -2.12. The van der Waals surface area contributed by atoms with Crippen molar-refractivity contribution in [1.29, 1.82) is 0 Å². The van der Waals surface area contributed by atoms with Crippen molar-refractivity contribution in [3.05, 3.63) is 88.5 Å². The SMILES string of the molecule is COc1ccc(Cl)c(NC(=O)c2ccc(-n3nncc3-c3ccc(Cl)cc3)cc2)c1. The number of hydrogen-bond donors (Lipinski definition) is 1. The molecule has 1 heterocycles. The smallest absolute Gasteiger partial charge is 0.255 e. The summed E-state index contributed by atoms with van der Waals surface area (Å²) in [6.07, 6.45) is 1.68. The molecule has 0 saturated heterocycles. The van der Waals surface area contributed by atoms with Gasteiger partial charge in [0.25, 0.3) is 5.91 Å². The van der Waals surface area contributed by atoms with Gasteiger partial charge in [0.15, 0.2) is 0 Å². The van der Waals surface area contributed by atoms with Gasteiger partial charge in [-0.05, 0) is 48.5 Å². The average Bonchev–Trinajstić information content (AvgIpc) is 3.26. The Bertz CT molecular complexity index is 1190. The Hall–Kier alpha value is -3.35. The first-order valence-corrected chi connectivity index (χ1v) is 9.73. The third-order valence-electron chi connectivity index (χ3n) is 4.49. The monoisotopic (exact) mass is 438 g/mol. The number of halogens is 2. The van der Waals surface area contributed by atoms with Gasteiger partial charge in [-0.15, -0.1) is 5.10 Å². The van der Waals surface area contributed by atoms with Crippen molar-refractivity contribution in [2.45, 2.75) is 0 Å². The fraction of sp³-hybridized carbons (Fsp3) is 0.0455. The van der Waals surface area contributed by atoms with Gasteiger partial charge < -0.3 is 10.1 Å². The second-order valence-corrected chi connectivity index (χ2v) is 7.23. The van der Waals surface area contributed by atoms with E-state index in [0.29, 0.717) is 27.0 Å². The molecule has 0 bridgehead atoms. The molecule has 3 aromatic carbocycles. The number of anilines is 1. The van der Waals surface area contributed by atoms with Crippen LogP contribution in [0.5, 0.6) is 5.75 Å². The first-order valence-electron chi connectivity index (χ1n) is 8.97. The highest BCUT2D eigenvalue weighted by molar-refractivity contribution is 6.34. The molecular weight excluding hydrogens is 423 g/mol. The van der Waals surface area contributed by atoms with Crippen LogP contribution >= 0.6 is 23.2 Å². The molecule has 0 fully saturated rings. The molecule has 0 spiro atoms. The summed E-state index contributed by atoms with van der Waals surface area (Å²) in [6, 6.07) is 19.5. The quantitative estimate of drug-likeness (QED) is 0.446. The summed E-state index contributed by atoms with van der Waals surface area (Å²) in [5.41, 5.74) is 3.47. The van der Waals surface area contributed by atoms with Crippen molar-refractivity contribution in [3.8, 4) is 22.7 Å². The van der Waals surface area contributed by atoms with Crippen LogP contribution in [-0.4, -0.2) is 28.0 Å². The molecule has 4 aromatic rings. The predicted octanol–water partition coefficient (Wildman–Crippen LogP) is 5.50. The lowest BCUT2D eigenvalue weighted by Gasteiger charge is -2.10. The summed E-state index contributed by atoms with van der Waals surface area (Å²) in [7, 11) is 1.55. The molecule has 6 nitrogen and oxygen atoms in total. The van der Waals surface area contributed by atoms with Crippen LogP contribution in [0, 0.1) is 0 Å². The van der Waals surface area contributed by atoms with Crippen LogP contribution in [0.1, 0.15) is 10.4 Å². The Balaban J connectivity index is 1.56. The maximum absolute atomic E-state index is 12.6. The van der Waals surface area contributed by atoms with Crippen molar-refractivity contribution in [1.82, 2.24) is 15.0 Å². The van der Waals surface area contributed by atoms with Gasteiger partial charge in [-0.2, -0.15) is 0 Å². The van der Waals surface area contributed by atoms with Gasteiger partial charge in [0.1, 0.15) is 5.75 Å². The highest BCUT2D eigenvalue weighted by Crippen LogP contribution is 2.27. The van der Waals surface area contributed by atoms with Crippen LogP contribution in [0.2, 0.25) is 10.0 Å². The molecule has 4 rings (SSSR count). The number of nitrogens with one attached hydrogen (secondary N) is 1. The van der Waals surface area contributed by atoms with E-state index in [4.69, 9.17) is 27.9 Å². The number of ether oxygens (including phenoxy) is 1. The van der Waals surface area contributed by atoms with E-state index in [-0.39, 0.29) is 5.91 Å². The maximum Gasteiger partial charge on any atom is 0.255 e. The number of rotatable bonds is 5. The molecule has 1 amide bonds. The number of benzene rings is 3. The number of carbonyl (C=O) groups is 1. The van der Waals surface area contributed by atoms with E-state index in [0.717, 1.165) is 16.9 Å². The van der Waals surface area contributed by atoms with Crippen LogP contribution in [0.4, 0.5) is 5.69 Å². The van der Waals surface area contributed by atoms with E-state index in [1.165, 1.54) is 0 Å². The molecule has 1 aromatic heterocycles. The van der Waals surface area contributed by atoms with E-state index in [1.807, 2.05) is 24.3 Å². The Labute approximate surface area is 183 Å². The van der Waals surface area contributed by atoms with Crippen molar-refractivity contribution < 1.29 is 9.53 Å². The number of aromatic nitrogens is 3. The Morgan fingerprint density at radius 3 is 2.43 bits per heavy atom. The summed E-state index contributed by atoms with van der Waals surface area (Å²) >= 11 is 12.1. The van der Waals surface area contributed by atoms with Crippen molar-refractivity contribution >= 4 is 34.8 Å². The summed E-state index contributed by atoms with van der Waals surface area (Å²) < 4.78 is 6.87. The Morgan fingerprint density at radius 1 is 1.00 bits per heavy atom. The fourth-order valence-electron chi connectivity index (χ4n) is 2.92. The first kappa shape index (κ1) is 19.9. The normalized spacial score (nSPS) is 10.6. The minimum atomic E-state index is -0.284. The number of amides is 1. The second-order valence-electron chi connectivity index (χ2n) is 6.38. The molecule has 150 valence electrons. The van der Waals surface area contributed by atoms with Crippen LogP contribution in [0.3, 0.4) is 0 Å². The second kappa shape index (κ2) is 8.57. The molecule has 30 heavy (non-hydrogen) atoms. The molecule has 0 aliphatic rings. The molecule has 0 unspecified atom stereocenters. The van der Waals surface area contributed by atoms with Gasteiger partial charge in [0.05, 0.1) is 35.4 Å². The third-order valence-corrected chi connectivity index (χ3v) is 5.07. The van der Waals surface area contributed by atoms with Crippen molar-refractivity contribution in [3.63, 3.8) is 0 Å². The van der Waals surface area contributed by atoms with E-state index >= 15 is 0 Å². The van der Waals surface area contributed by atoms with Gasteiger partial charge in [0.2, 0.25) is 0 Å². The molecule has 0 atom stereocenters. The Kier molecular flexibility index (Phi) is 5.70. The molecule has 0 radical (unpaired) electrons. The number of carbonyl (C=O) groups excluding carboxylic acids is 1. The van der Waals surface area contributed by atoms with E-state index in [1.54, 1.807) is 60.5 Å². The van der Waals surface area contributed by atoms with Crippen LogP contribution in [0.15, 0.2) is 72.9 Å². The van der Waals surface area contributed by atoms with E-state index < -0.39 is 0 Å². The van der Waals surface area contributed by atoms with Crippen LogP contribution in [0.25, 0.3) is 16.9 Å². The number of methoxy groups -OCH3 is 1. The number of nitrogens with zero attached hydrogens (tertiary/aromatic N) is 3. The van der Waals surface area contributed by atoms with Gasteiger partial charge in [0, 0.05) is 22.2 Å². The summed E-state index contributed by atoms with van der Waals surface area (Å²) in [5.74, 6) is 0.319. The van der Waals surface area contributed by atoms with Gasteiger partial charge >= 0.3 is 0 Å². The zero-order chi connectivity index (χ0) is 21.1. The zero-order valence-corrected chi connectivity index (χ0v) is 17.4. The van der Waals surface area contributed by atoms with Gasteiger partial charge in [-0.3, -0.25) is 4.79 Å². The largest absolute Gasteiger partial charge is 0.497 e. The number of hydrogen-bond acceptors (Lipinski definition) is 4. The highest BCUT2D eigenvalue weighted by atomic mass is 35.5. The van der Waals surface area contributed by atoms with Gasteiger partial charge in [-0.1, -0.05) is 40.5 Å². The standard InChI is InChI=1S/C22H16Cl2N4O2/c1-30-18-10-11-19(24)20(12-18)26-22(29)15-4-8-17(9-5-15)28-21(13-25-27-28)14-2-6-16(23)7-3-14/h2-13H,1H3,(H,26,29). The highest BCUT2D eigenvalue weighted by Gasteiger charge is 2.12. The van der Waals surface area contributed by atoms with E-state index in [9.17, 15) is 4.79 Å². The molecular formula is C22H16Cl2N4O2. The van der Waals surface area contributed by atoms with Crippen LogP contribution < -0.4 is 10.1 Å². The van der Waals surface area contributed by atoms with Crippen molar-refractivity contribution in [2.24, 2.45) is 0 Å². The summed E-state index contributed by atoms with van der Waals surface area (Å²) in [5, 5.41) is 12.1. The topological polar surface area (TPSA) is 69.0 Å². The first-order chi connectivity index (χ1) is 14.5. The molecule has 0 aliphatic carbocycles. The summed E-state index contributed by atoms with van der Waals surface area (Å²) in [4.78, 5) is 12.6.